The lowest BCUT2D eigenvalue weighted by molar-refractivity contribution is -0.150. The highest BCUT2D eigenvalue weighted by molar-refractivity contribution is 5.74. The fourth-order valence-corrected chi connectivity index (χ4v) is 7.72. The molecule has 10 nitrogen and oxygen atoms in total. The van der Waals surface area contributed by atoms with Crippen LogP contribution in [0.5, 0.6) is 23.0 Å². The lowest BCUT2D eigenvalue weighted by Gasteiger charge is -2.36. The molecule has 2 N–H and O–H groups in total. The predicted octanol–water partition coefficient (Wildman–Crippen LogP) is 7.63. The standard InChI is InChI=1S/2C22H25NO4/c1-22(21(24)25)10-12-23(13-11-22)14-16-6-8-17(9-7-16)20-15-26-18-4-2-3-5-19(18)27-20;1-15-12-23(11-10-18(15)22(24)25)13-16-6-8-17(9-7-16)21-14-26-19-4-2-3-5-20(19)27-21/h2-9,20H,10-15H2,1H3,(H,24,25);2-9,15,18,21H,10-14H2,1H3,(H,24,25)/t20-;15-,18+,21+/m10/s1. The maximum atomic E-state index is 11.4. The molecule has 4 aliphatic heterocycles. The van der Waals surface area contributed by atoms with E-state index in [1.807, 2.05) is 62.4 Å². The largest absolute Gasteiger partial charge is 0.485 e. The molecule has 0 unspecified atom stereocenters. The Kier molecular flexibility index (Phi) is 11.4. The van der Waals surface area contributed by atoms with E-state index in [0.29, 0.717) is 26.1 Å². The van der Waals surface area contributed by atoms with Crippen LogP contribution in [-0.2, 0) is 22.7 Å². The fourth-order valence-electron chi connectivity index (χ4n) is 7.72. The van der Waals surface area contributed by atoms with Gasteiger partial charge in [0, 0.05) is 19.6 Å². The summed E-state index contributed by atoms with van der Waals surface area (Å²) < 4.78 is 23.7. The summed E-state index contributed by atoms with van der Waals surface area (Å²) in [5.74, 6) is 1.79. The van der Waals surface area contributed by atoms with Gasteiger partial charge in [-0.25, -0.2) is 0 Å². The summed E-state index contributed by atoms with van der Waals surface area (Å²) in [6, 6.07) is 32.4. The van der Waals surface area contributed by atoms with Gasteiger partial charge in [-0.05, 0) is 98.3 Å². The first-order valence-electron chi connectivity index (χ1n) is 19.0. The Labute approximate surface area is 317 Å². The molecule has 0 radical (unpaired) electrons. The highest BCUT2D eigenvalue weighted by atomic mass is 16.6. The Bertz CT molecular complexity index is 1890. The van der Waals surface area contributed by atoms with Crippen molar-refractivity contribution in [3.05, 3.63) is 119 Å². The van der Waals surface area contributed by atoms with Crippen LogP contribution in [-0.4, -0.2) is 71.3 Å². The Morgan fingerprint density at radius 1 is 0.667 bits per heavy atom. The van der Waals surface area contributed by atoms with Crippen LogP contribution in [0.1, 0.15) is 67.6 Å². The first-order chi connectivity index (χ1) is 26.1. The molecule has 2 fully saturated rings. The summed E-state index contributed by atoms with van der Waals surface area (Å²) in [7, 11) is 0. The molecule has 2 saturated heterocycles. The van der Waals surface area contributed by atoms with Crippen molar-refractivity contribution in [2.75, 3.05) is 39.4 Å². The summed E-state index contributed by atoms with van der Waals surface area (Å²) in [6.45, 7) is 9.91. The van der Waals surface area contributed by atoms with Crippen molar-refractivity contribution < 1.29 is 38.7 Å². The van der Waals surface area contributed by atoms with Crippen molar-refractivity contribution in [2.45, 2.75) is 58.4 Å². The van der Waals surface area contributed by atoms with Gasteiger partial charge in [0.15, 0.2) is 35.2 Å². The van der Waals surface area contributed by atoms with E-state index in [1.165, 1.54) is 11.1 Å². The minimum atomic E-state index is -0.678. The van der Waals surface area contributed by atoms with Crippen molar-refractivity contribution in [3.8, 4) is 23.0 Å². The second-order valence-electron chi connectivity index (χ2n) is 15.3. The minimum Gasteiger partial charge on any atom is -0.485 e. The molecule has 0 aliphatic carbocycles. The van der Waals surface area contributed by atoms with Gasteiger partial charge in [-0.15, -0.1) is 0 Å². The first-order valence-corrected chi connectivity index (χ1v) is 19.0. The van der Waals surface area contributed by atoms with Gasteiger partial charge in [0.1, 0.15) is 13.2 Å². The topological polar surface area (TPSA) is 118 Å². The van der Waals surface area contributed by atoms with Crippen molar-refractivity contribution in [2.24, 2.45) is 17.3 Å². The zero-order chi connectivity index (χ0) is 37.7. The highest BCUT2D eigenvalue weighted by Gasteiger charge is 2.37. The predicted molar refractivity (Wildman–Crippen MR) is 204 cm³/mol. The number of carboxylic acid groups (broad SMARTS) is 2. The number of likely N-dealkylation sites (tertiary alicyclic amines) is 2. The van der Waals surface area contributed by atoms with E-state index in [-0.39, 0.29) is 24.0 Å². The fraction of sp³-hybridized carbons (Fsp3) is 0.409. The van der Waals surface area contributed by atoms with Crippen LogP contribution in [0.25, 0.3) is 0 Å². The molecule has 0 amide bonds. The summed E-state index contributed by atoms with van der Waals surface area (Å²) in [4.78, 5) is 27.3. The van der Waals surface area contributed by atoms with Gasteiger partial charge < -0.3 is 29.2 Å². The number of rotatable bonds is 8. The van der Waals surface area contributed by atoms with Crippen LogP contribution in [0.15, 0.2) is 97.1 Å². The third kappa shape index (κ3) is 8.83. The Morgan fingerprint density at radius 3 is 1.57 bits per heavy atom. The second kappa shape index (κ2) is 16.5. The summed E-state index contributed by atoms with van der Waals surface area (Å²) in [5, 5.41) is 18.6. The molecular weight excluding hydrogens is 684 g/mol. The molecule has 0 aromatic heterocycles. The average molecular weight is 735 g/mol. The quantitative estimate of drug-likeness (QED) is 0.187. The molecule has 284 valence electrons. The van der Waals surface area contributed by atoms with E-state index in [2.05, 4.69) is 58.3 Å². The van der Waals surface area contributed by atoms with Crippen LogP contribution in [0.2, 0.25) is 0 Å². The van der Waals surface area contributed by atoms with Crippen molar-refractivity contribution in [1.29, 1.82) is 0 Å². The molecule has 4 aliphatic rings. The van der Waals surface area contributed by atoms with Crippen molar-refractivity contribution in [1.82, 2.24) is 9.80 Å². The number of benzene rings is 4. The molecule has 54 heavy (non-hydrogen) atoms. The number of nitrogens with zero attached hydrogens (tertiary/aromatic N) is 2. The lowest BCUT2D eigenvalue weighted by atomic mass is 9.80. The Balaban J connectivity index is 0.000000167. The third-order valence-electron chi connectivity index (χ3n) is 11.3. The van der Waals surface area contributed by atoms with Crippen LogP contribution >= 0.6 is 0 Å². The SMILES string of the molecule is CC1(C(=O)O)CCN(Cc2ccc([C@H]3COc4ccccc4O3)cc2)CC1.C[C@H]1CN(Cc2ccc([C@H]3COc4ccccc4O3)cc2)CC[C@H]1C(=O)O. The van der Waals surface area contributed by atoms with Crippen LogP contribution < -0.4 is 18.9 Å². The molecular formula is C44H50N2O8. The number of carbonyl (C=O) groups is 2. The number of hydrogen-bond acceptors (Lipinski definition) is 8. The van der Waals surface area contributed by atoms with Crippen LogP contribution in [0.4, 0.5) is 0 Å². The number of ether oxygens (including phenoxy) is 4. The maximum Gasteiger partial charge on any atom is 0.309 e. The van der Waals surface area contributed by atoms with Gasteiger partial charge in [0.2, 0.25) is 0 Å². The van der Waals surface area contributed by atoms with Crippen LogP contribution in [0, 0.1) is 17.3 Å². The lowest BCUT2D eigenvalue weighted by Crippen LogP contribution is -2.42. The Morgan fingerprint density at radius 2 is 1.13 bits per heavy atom. The van der Waals surface area contributed by atoms with Gasteiger partial charge in [-0.2, -0.15) is 0 Å². The highest BCUT2D eigenvalue weighted by Crippen LogP contribution is 2.38. The third-order valence-corrected chi connectivity index (χ3v) is 11.3. The first kappa shape index (κ1) is 37.3. The van der Waals surface area contributed by atoms with Gasteiger partial charge in [-0.3, -0.25) is 19.4 Å². The Hall–Kier alpha value is -5.06. The molecule has 4 aromatic rings. The minimum absolute atomic E-state index is 0.0970. The van der Waals surface area contributed by atoms with Gasteiger partial charge in [0.05, 0.1) is 11.3 Å². The van der Waals surface area contributed by atoms with Gasteiger partial charge in [-0.1, -0.05) is 79.7 Å². The van der Waals surface area contributed by atoms with Crippen molar-refractivity contribution >= 4 is 11.9 Å². The molecule has 4 heterocycles. The number of aliphatic carboxylic acids is 2. The van der Waals surface area contributed by atoms with Crippen molar-refractivity contribution in [3.63, 3.8) is 0 Å². The van der Waals surface area contributed by atoms with Gasteiger partial charge >= 0.3 is 11.9 Å². The molecule has 0 spiro atoms. The number of fused-ring (bicyclic) bond motifs is 2. The van der Waals surface area contributed by atoms with E-state index < -0.39 is 17.4 Å². The molecule has 0 bridgehead atoms. The summed E-state index contributed by atoms with van der Waals surface area (Å²) >= 11 is 0. The van der Waals surface area contributed by atoms with Gasteiger partial charge in [0.25, 0.3) is 0 Å². The number of hydrogen-bond donors (Lipinski definition) is 2. The number of para-hydroxylation sites is 4. The monoisotopic (exact) mass is 734 g/mol. The van der Waals surface area contributed by atoms with Crippen LogP contribution in [0.3, 0.4) is 0 Å². The zero-order valence-electron chi connectivity index (χ0n) is 31.1. The number of piperidine rings is 2. The number of carboxylic acids is 2. The molecule has 4 atom stereocenters. The van der Waals surface area contributed by atoms with E-state index in [9.17, 15) is 19.8 Å². The molecule has 4 aromatic carbocycles. The van der Waals surface area contributed by atoms with E-state index in [0.717, 1.165) is 79.8 Å². The summed E-state index contributed by atoms with van der Waals surface area (Å²) in [5.41, 5.74) is 4.10. The second-order valence-corrected chi connectivity index (χ2v) is 15.3. The van der Waals surface area contributed by atoms with E-state index in [4.69, 9.17) is 18.9 Å². The average Bonchev–Trinajstić information content (AvgIpc) is 3.19. The maximum absolute atomic E-state index is 11.4. The molecule has 10 heteroatoms. The van der Waals surface area contributed by atoms with E-state index >= 15 is 0 Å². The van der Waals surface area contributed by atoms with E-state index in [1.54, 1.807) is 0 Å². The zero-order valence-corrected chi connectivity index (χ0v) is 31.1. The normalized spacial score (nSPS) is 23.4. The smallest absolute Gasteiger partial charge is 0.309 e. The summed E-state index contributed by atoms with van der Waals surface area (Å²) in [6.07, 6.45) is 1.93. The molecule has 8 rings (SSSR count). The molecule has 0 saturated carbocycles.